The number of Topliss-reactive ketones (excluding diaryl/α,β-unsaturated/α-hetero) is 1. The van der Waals surface area contributed by atoms with E-state index in [1.165, 1.54) is 0 Å². The number of carbonyl (C=O) groups excluding carboxylic acids is 2. The molecule has 0 saturated heterocycles. The van der Waals surface area contributed by atoms with Crippen molar-refractivity contribution in [1.29, 1.82) is 0 Å². The predicted octanol–water partition coefficient (Wildman–Crippen LogP) is 4.57. The van der Waals surface area contributed by atoms with Gasteiger partial charge in [-0.3, -0.25) is 9.59 Å². The highest BCUT2D eigenvalue weighted by atomic mass is 16.5. The number of allylic oxidation sites excluding steroid dienone is 1. The van der Waals surface area contributed by atoms with Gasteiger partial charge in [-0.25, -0.2) is 0 Å². The van der Waals surface area contributed by atoms with Gasteiger partial charge in [0.05, 0.1) is 18.1 Å². The van der Waals surface area contributed by atoms with E-state index in [0.29, 0.717) is 35.0 Å². The molecule has 0 aromatic heterocycles. The molecule has 27 heavy (non-hydrogen) atoms. The molecule has 5 heteroatoms. The third-order valence-corrected chi connectivity index (χ3v) is 4.14. The molecule has 3 rings (SSSR count). The topological polar surface area (TPSA) is 61.8 Å². The average molecular weight is 366 g/mol. The van der Waals surface area contributed by atoms with Crippen LogP contribution in [0.5, 0.6) is 17.2 Å². The molecule has 0 saturated carbocycles. The van der Waals surface area contributed by atoms with Crippen LogP contribution in [-0.2, 0) is 4.79 Å². The number of para-hydroxylation sites is 1. The summed E-state index contributed by atoms with van der Waals surface area (Å²) in [5, 5.41) is 0. The number of ketones is 1. The van der Waals surface area contributed by atoms with Crippen molar-refractivity contribution in [3.8, 4) is 17.2 Å². The molecule has 0 amide bonds. The van der Waals surface area contributed by atoms with Gasteiger partial charge in [-0.15, -0.1) is 0 Å². The fourth-order valence-electron chi connectivity index (χ4n) is 2.80. The van der Waals surface area contributed by atoms with Gasteiger partial charge in [0.15, 0.2) is 5.76 Å². The molecule has 0 unspecified atom stereocenters. The van der Waals surface area contributed by atoms with E-state index in [0.717, 1.165) is 5.56 Å². The van der Waals surface area contributed by atoms with E-state index in [-0.39, 0.29) is 23.4 Å². The van der Waals surface area contributed by atoms with E-state index in [1.807, 2.05) is 31.2 Å². The van der Waals surface area contributed by atoms with Crippen molar-refractivity contribution in [2.75, 3.05) is 6.61 Å². The first-order valence-corrected chi connectivity index (χ1v) is 8.93. The highest BCUT2D eigenvalue weighted by Gasteiger charge is 2.30. The van der Waals surface area contributed by atoms with Crippen molar-refractivity contribution in [1.82, 2.24) is 0 Å². The van der Waals surface area contributed by atoms with Crippen molar-refractivity contribution in [3.63, 3.8) is 0 Å². The maximum Gasteiger partial charge on any atom is 0.313 e. The Balaban J connectivity index is 1.93. The molecule has 0 bridgehead atoms. The largest absolute Gasteiger partial charge is 0.493 e. The highest BCUT2D eigenvalue weighted by molar-refractivity contribution is 6.15. The fourth-order valence-corrected chi connectivity index (χ4v) is 2.80. The van der Waals surface area contributed by atoms with Crippen molar-refractivity contribution < 1.29 is 23.8 Å². The Morgan fingerprint density at radius 3 is 2.67 bits per heavy atom. The number of benzene rings is 2. The highest BCUT2D eigenvalue weighted by Crippen LogP contribution is 2.38. The Kier molecular flexibility index (Phi) is 5.31. The Labute approximate surface area is 158 Å². The van der Waals surface area contributed by atoms with Crippen LogP contribution >= 0.6 is 0 Å². The molecule has 1 heterocycles. The number of carbonyl (C=O) groups is 2. The van der Waals surface area contributed by atoms with E-state index < -0.39 is 0 Å². The number of esters is 1. The van der Waals surface area contributed by atoms with Gasteiger partial charge in [-0.2, -0.15) is 0 Å². The summed E-state index contributed by atoms with van der Waals surface area (Å²) >= 11 is 0. The lowest BCUT2D eigenvalue weighted by Crippen LogP contribution is -2.14. The molecular formula is C22H22O5. The van der Waals surface area contributed by atoms with Crippen LogP contribution in [0.1, 0.15) is 42.3 Å². The molecule has 2 aromatic carbocycles. The Morgan fingerprint density at radius 2 is 1.96 bits per heavy atom. The van der Waals surface area contributed by atoms with Crippen LogP contribution in [0.2, 0.25) is 0 Å². The van der Waals surface area contributed by atoms with E-state index in [9.17, 15) is 9.59 Å². The summed E-state index contributed by atoms with van der Waals surface area (Å²) in [4.78, 5) is 24.6. The smallest absolute Gasteiger partial charge is 0.313 e. The fraction of sp³-hybridized carbons (Fsp3) is 0.273. The third kappa shape index (κ3) is 3.87. The molecular weight excluding hydrogens is 344 g/mol. The monoisotopic (exact) mass is 366 g/mol. The summed E-state index contributed by atoms with van der Waals surface area (Å²) in [7, 11) is 0. The zero-order valence-electron chi connectivity index (χ0n) is 15.9. The summed E-state index contributed by atoms with van der Waals surface area (Å²) in [6, 6.07) is 10.7. The zero-order chi connectivity index (χ0) is 19.6. The first kappa shape index (κ1) is 18.7. The van der Waals surface area contributed by atoms with Gasteiger partial charge in [0.1, 0.15) is 17.2 Å². The van der Waals surface area contributed by atoms with Gasteiger partial charge in [0.2, 0.25) is 5.78 Å². The normalized spacial score (nSPS) is 14.3. The quantitative estimate of drug-likeness (QED) is 0.441. The van der Waals surface area contributed by atoms with E-state index in [2.05, 4.69) is 0 Å². The molecule has 0 aliphatic carbocycles. The summed E-state index contributed by atoms with van der Waals surface area (Å²) in [6.45, 7) is 7.75. The number of hydrogen-bond donors (Lipinski definition) is 0. The van der Waals surface area contributed by atoms with Gasteiger partial charge in [0, 0.05) is 11.6 Å². The second-order valence-corrected chi connectivity index (χ2v) is 6.60. The minimum Gasteiger partial charge on any atom is -0.493 e. The summed E-state index contributed by atoms with van der Waals surface area (Å²) in [5.74, 6) is 0.887. The maximum atomic E-state index is 12.8. The number of rotatable bonds is 5. The molecule has 140 valence electrons. The van der Waals surface area contributed by atoms with Crippen molar-refractivity contribution in [2.24, 2.45) is 5.92 Å². The number of ether oxygens (including phenoxy) is 3. The third-order valence-electron chi connectivity index (χ3n) is 4.14. The molecule has 0 radical (unpaired) electrons. The standard InChI is InChI=1S/C22H22O5/c1-5-25-17-9-7-6-8-15(17)11-19-21(23)20-14(4)10-16(12-18(20)27-19)26-22(24)13(2)3/h6-13H,5H2,1-4H3/b19-11-. The van der Waals surface area contributed by atoms with E-state index in [1.54, 1.807) is 39.0 Å². The van der Waals surface area contributed by atoms with Crippen molar-refractivity contribution in [2.45, 2.75) is 27.7 Å². The first-order chi connectivity index (χ1) is 12.9. The lowest BCUT2D eigenvalue weighted by atomic mass is 10.0. The summed E-state index contributed by atoms with van der Waals surface area (Å²) in [5.41, 5.74) is 1.95. The lowest BCUT2D eigenvalue weighted by molar-refractivity contribution is -0.137. The second-order valence-electron chi connectivity index (χ2n) is 6.60. The molecule has 5 nitrogen and oxygen atoms in total. The van der Waals surface area contributed by atoms with Gasteiger partial charge < -0.3 is 14.2 Å². The molecule has 0 atom stereocenters. The molecule has 0 spiro atoms. The number of fused-ring (bicyclic) bond motifs is 1. The Hall–Kier alpha value is -3.08. The minimum atomic E-state index is -0.333. The van der Waals surface area contributed by atoms with Gasteiger partial charge in [-0.1, -0.05) is 32.0 Å². The van der Waals surface area contributed by atoms with Gasteiger partial charge in [0.25, 0.3) is 0 Å². The van der Waals surface area contributed by atoms with Crippen LogP contribution in [-0.4, -0.2) is 18.4 Å². The second kappa shape index (κ2) is 7.66. The van der Waals surface area contributed by atoms with Crippen molar-refractivity contribution in [3.05, 3.63) is 58.8 Å². The Bertz CT molecular complexity index is 924. The molecule has 2 aromatic rings. The molecule has 0 N–H and O–H groups in total. The van der Waals surface area contributed by atoms with Crippen LogP contribution in [0.3, 0.4) is 0 Å². The SMILES string of the molecule is CCOc1ccccc1/C=C1\Oc2cc(OC(=O)C(C)C)cc(C)c2C1=O. The molecule has 1 aliphatic heterocycles. The van der Waals surface area contributed by atoms with Crippen molar-refractivity contribution >= 4 is 17.8 Å². The number of hydrogen-bond acceptors (Lipinski definition) is 5. The van der Waals surface area contributed by atoms with Crippen LogP contribution < -0.4 is 14.2 Å². The zero-order valence-corrected chi connectivity index (χ0v) is 15.9. The molecule has 0 fully saturated rings. The van der Waals surface area contributed by atoms with Crippen LogP contribution in [0, 0.1) is 12.8 Å². The van der Waals surface area contributed by atoms with Crippen LogP contribution in [0.4, 0.5) is 0 Å². The minimum absolute atomic E-state index is 0.199. The first-order valence-electron chi connectivity index (χ1n) is 8.93. The Morgan fingerprint density at radius 1 is 1.22 bits per heavy atom. The maximum absolute atomic E-state index is 12.8. The summed E-state index contributed by atoms with van der Waals surface area (Å²) in [6.07, 6.45) is 1.67. The van der Waals surface area contributed by atoms with E-state index >= 15 is 0 Å². The molecule has 1 aliphatic rings. The lowest BCUT2D eigenvalue weighted by Gasteiger charge is -2.09. The predicted molar refractivity (Wildman–Crippen MR) is 102 cm³/mol. The number of aryl methyl sites for hydroxylation is 1. The van der Waals surface area contributed by atoms with Gasteiger partial charge >= 0.3 is 5.97 Å². The van der Waals surface area contributed by atoms with Gasteiger partial charge in [-0.05, 0) is 37.6 Å². The average Bonchev–Trinajstić information content (AvgIpc) is 2.92. The van der Waals surface area contributed by atoms with Crippen LogP contribution in [0.25, 0.3) is 6.08 Å². The summed E-state index contributed by atoms with van der Waals surface area (Å²) < 4.78 is 16.7. The van der Waals surface area contributed by atoms with E-state index in [4.69, 9.17) is 14.2 Å². The van der Waals surface area contributed by atoms with Crippen LogP contribution in [0.15, 0.2) is 42.2 Å².